The summed E-state index contributed by atoms with van der Waals surface area (Å²) in [4.78, 5) is 4.69. The molecular formula is C64H48N2O2. The lowest BCUT2D eigenvalue weighted by atomic mass is 9.98. The predicted octanol–water partition coefficient (Wildman–Crippen LogP) is 19.3. The second kappa shape index (κ2) is 15.6. The van der Waals surface area contributed by atoms with Gasteiger partial charge in [-0.2, -0.15) is 0 Å². The molecular weight excluding hydrogens is 829 g/mol. The Morgan fingerprint density at radius 3 is 1.04 bits per heavy atom. The van der Waals surface area contributed by atoms with E-state index >= 15 is 0 Å². The van der Waals surface area contributed by atoms with Crippen molar-refractivity contribution < 1.29 is 8.83 Å². The highest BCUT2D eigenvalue weighted by molar-refractivity contribution is 6.30. The molecule has 0 saturated heterocycles. The summed E-state index contributed by atoms with van der Waals surface area (Å²) in [7, 11) is 0. The Kier molecular flexibility index (Phi) is 9.20. The molecule has 0 amide bonds. The molecule has 326 valence electrons. The standard InChI is InChI=1S/C64H48N2O2/c1-39(2)41-15-17-45-35-51(23-19-43(45)33-41)65(49-11-7-5-8-12-49)53-25-29-55-47(37-53)21-27-57-61-59(67-63(55)57)31-32-60-62(61)58-28-22-48-38-54(26-30-56(48)64(58)68-60)66(50-13-9-6-10-14-50)52-24-20-44-34-42(40(3)4)16-18-46(44)36-52/h5-40H,1-4H3. The lowest BCUT2D eigenvalue weighted by Crippen LogP contribution is -2.09. The molecule has 0 bridgehead atoms. The summed E-state index contributed by atoms with van der Waals surface area (Å²) < 4.78 is 13.7. The van der Waals surface area contributed by atoms with Gasteiger partial charge in [-0.25, -0.2) is 0 Å². The van der Waals surface area contributed by atoms with Crippen LogP contribution >= 0.6 is 0 Å². The molecule has 0 aliphatic rings. The molecule has 11 aromatic carbocycles. The van der Waals surface area contributed by atoms with Crippen molar-refractivity contribution in [2.45, 2.75) is 39.5 Å². The summed E-state index contributed by atoms with van der Waals surface area (Å²) in [6.45, 7) is 8.99. The van der Waals surface area contributed by atoms with E-state index < -0.39 is 0 Å². The van der Waals surface area contributed by atoms with E-state index in [0.717, 1.165) is 99.5 Å². The van der Waals surface area contributed by atoms with Gasteiger partial charge in [0.2, 0.25) is 0 Å². The van der Waals surface area contributed by atoms with Crippen LogP contribution in [0, 0.1) is 0 Å². The number of fused-ring (bicyclic) bond motifs is 13. The van der Waals surface area contributed by atoms with Gasteiger partial charge in [0.15, 0.2) is 0 Å². The van der Waals surface area contributed by atoms with E-state index in [1.54, 1.807) is 0 Å². The van der Waals surface area contributed by atoms with Gasteiger partial charge in [0.25, 0.3) is 0 Å². The number of para-hydroxylation sites is 2. The number of furan rings is 2. The van der Waals surface area contributed by atoms with Crippen molar-refractivity contribution in [1.29, 1.82) is 0 Å². The van der Waals surface area contributed by atoms with Gasteiger partial charge in [-0.1, -0.05) is 125 Å². The number of hydrogen-bond acceptors (Lipinski definition) is 4. The van der Waals surface area contributed by atoms with E-state index in [1.165, 1.54) is 32.7 Å². The quantitative estimate of drug-likeness (QED) is 0.152. The van der Waals surface area contributed by atoms with E-state index in [0.29, 0.717) is 11.8 Å². The SMILES string of the molecule is CC(C)c1ccc2cc(N(c3ccccc3)c3ccc4c(ccc5c4oc4ccc6oc7c8ccc(N(c9ccccc9)c9ccc%10cc(C(C)C)ccc%10c9)cc8ccc7c6c45)c3)ccc2c1. The Hall–Kier alpha value is -8.34. The first-order valence-corrected chi connectivity index (χ1v) is 23.8. The summed E-state index contributed by atoms with van der Waals surface area (Å²) in [5, 5.41) is 13.6. The highest BCUT2D eigenvalue weighted by atomic mass is 16.3. The maximum atomic E-state index is 6.83. The van der Waals surface area contributed by atoms with Gasteiger partial charge in [0, 0.05) is 66.4 Å². The molecule has 4 nitrogen and oxygen atoms in total. The fourth-order valence-corrected chi connectivity index (χ4v) is 10.5. The first-order chi connectivity index (χ1) is 33.3. The Morgan fingerprint density at radius 1 is 0.294 bits per heavy atom. The Bertz CT molecular complexity index is 3840. The second-order valence-electron chi connectivity index (χ2n) is 18.9. The highest BCUT2D eigenvalue weighted by Crippen LogP contribution is 2.46. The summed E-state index contributed by atoms with van der Waals surface area (Å²) in [5.41, 5.74) is 12.8. The van der Waals surface area contributed by atoms with Gasteiger partial charge in [0.1, 0.15) is 22.3 Å². The van der Waals surface area contributed by atoms with E-state index in [-0.39, 0.29) is 0 Å². The van der Waals surface area contributed by atoms with Crippen molar-refractivity contribution in [3.05, 3.63) is 217 Å². The van der Waals surface area contributed by atoms with Crippen LogP contribution in [0.5, 0.6) is 0 Å². The van der Waals surface area contributed by atoms with Crippen molar-refractivity contribution in [3.8, 4) is 0 Å². The van der Waals surface area contributed by atoms with Crippen molar-refractivity contribution in [1.82, 2.24) is 0 Å². The van der Waals surface area contributed by atoms with E-state index in [9.17, 15) is 0 Å². The van der Waals surface area contributed by atoms with Crippen LogP contribution in [0.1, 0.15) is 50.7 Å². The van der Waals surface area contributed by atoms with Crippen molar-refractivity contribution in [2.24, 2.45) is 0 Å². The van der Waals surface area contributed by atoms with E-state index in [1.807, 2.05) is 0 Å². The maximum absolute atomic E-state index is 6.83. The van der Waals surface area contributed by atoms with Crippen LogP contribution in [-0.4, -0.2) is 0 Å². The van der Waals surface area contributed by atoms with Crippen molar-refractivity contribution in [3.63, 3.8) is 0 Å². The Labute approximate surface area is 394 Å². The maximum Gasteiger partial charge on any atom is 0.143 e. The van der Waals surface area contributed by atoms with Gasteiger partial charge in [-0.05, 0) is 164 Å². The monoisotopic (exact) mass is 876 g/mol. The van der Waals surface area contributed by atoms with E-state index in [2.05, 4.69) is 244 Å². The second-order valence-corrected chi connectivity index (χ2v) is 18.9. The summed E-state index contributed by atoms with van der Waals surface area (Å²) in [5.74, 6) is 0.962. The van der Waals surface area contributed by atoms with Crippen LogP contribution in [0.4, 0.5) is 34.1 Å². The minimum Gasteiger partial charge on any atom is -0.455 e. The first kappa shape index (κ1) is 40.0. The molecule has 0 radical (unpaired) electrons. The molecule has 0 unspecified atom stereocenters. The van der Waals surface area contributed by atoms with Crippen molar-refractivity contribution >= 4 is 121 Å². The summed E-state index contributed by atoms with van der Waals surface area (Å²) in [6, 6.07) is 75.0. The number of benzene rings is 11. The zero-order valence-corrected chi connectivity index (χ0v) is 38.5. The molecule has 0 fully saturated rings. The summed E-state index contributed by atoms with van der Waals surface area (Å²) >= 11 is 0. The molecule has 0 aliphatic carbocycles. The topological polar surface area (TPSA) is 32.8 Å². The number of nitrogens with zero attached hydrogens (tertiary/aromatic N) is 2. The average Bonchev–Trinajstić information content (AvgIpc) is 3.95. The molecule has 68 heavy (non-hydrogen) atoms. The predicted molar refractivity (Wildman–Crippen MR) is 289 cm³/mol. The average molecular weight is 877 g/mol. The van der Waals surface area contributed by atoms with Crippen LogP contribution in [0.25, 0.3) is 87.0 Å². The molecule has 2 aromatic heterocycles. The zero-order valence-electron chi connectivity index (χ0n) is 38.5. The summed E-state index contributed by atoms with van der Waals surface area (Å²) in [6.07, 6.45) is 0. The van der Waals surface area contributed by atoms with Crippen LogP contribution in [0.2, 0.25) is 0 Å². The molecule has 0 aliphatic heterocycles. The first-order valence-electron chi connectivity index (χ1n) is 23.8. The molecule has 13 aromatic rings. The lowest BCUT2D eigenvalue weighted by molar-refractivity contribution is 0.666. The molecule has 4 heteroatoms. The smallest absolute Gasteiger partial charge is 0.143 e. The van der Waals surface area contributed by atoms with Crippen molar-refractivity contribution in [2.75, 3.05) is 9.80 Å². The highest BCUT2D eigenvalue weighted by Gasteiger charge is 2.22. The fraction of sp³-hybridized carbons (Fsp3) is 0.0938. The Balaban J connectivity index is 0.908. The van der Waals surface area contributed by atoms with Gasteiger partial charge < -0.3 is 18.6 Å². The molecule has 13 rings (SSSR count). The number of hydrogen-bond donors (Lipinski definition) is 0. The van der Waals surface area contributed by atoms with Crippen LogP contribution in [0.3, 0.4) is 0 Å². The molecule has 0 spiro atoms. The minimum atomic E-state index is 0.481. The van der Waals surface area contributed by atoms with Gasteiger partial charge >= 0.3 is 0 Å². The van der Waals surface area contributed by atoms with Crippen LogP contribution < -0.4 is 9.80 Å². The zero-order chi connectivity index (χ0) is 45.6. The fourth-order valence-electron chi connectivity index (χ4n) is 10.5. The number of anilines is 6. The third-order valence-corrected chi connectivity index (χ3v) is 14.1. The lowest BCUT2D eigenvalue weighted by Gasteiger charge is -2.26. The van der Waals surface area contributed by atoms with E-state index in [4.69, 9.17) is 8.83 Å². The van der Waals surface area contributed by atoms with Gasteiger partial charge in [-0.15, -0.1) is 0 Å². The molecule has 0 saturated carbocycles. The molecule has 2 heterocycles. The Morgan fingerprint density at radius 2 is 0.632 bits per heavy atom. The van der Waals surface area contributed by atoms with Crippen LogP contribution in [0.15, 0.2) is 215 Å². The van der Waals surface area contributed by atoms with Gasteiger partial charge in [0.05, 0.1) is 0 Å². The third-order valence-electron chi connectivity index (χ3n) is 14.1. The van der Waals surface area contributed by atoms with Gasteiger partial charge in [-0.3, -0.25) is 0 Å². The minimum absolute atomic E-state index is 0.481. The molecule has 0 N–H and O–H groups in total. The largest absolute Gasteiger partial charge is 0.455 e. The normalized spacial score (nSPS) is 12.1. The van der Waals surface area contributed by atoms with Crippen LogP contribution in [-0.2, 0) is 0 Å². The number of rotatable bonds is 8. The molecule has 0 atom stereocenters. The third kappa shape index (κ3) is 6.51.